The highest BCUT2D eigenvalue weighted by Crippen LogP contribution is 2.28. The lowest BCUT2D eigenvalue weighted by Gasteiger charge is -2.16. The maximum Gasteiger partial charge on any atom is 0.322 e. The molecular formula is C26H58BrN2O3P. The number of rotatable bonds is 26. The Kier molecular flexibility index (Phi) is 31.1. The number of nitrogens with two attached hydrogens (primary N) is 2. The van der Waals surface area contributed by atoms with Crippen molar-refractivity contribution < 1.29 is 13.6 Å². The van der Waals surface area contributed by atoms with Crippen LogP contribution in [0.1, 0.15) is 155 Å². The molecule has 0 unspecified atom stereocenters. The van der Waals surface area contributed by atoms with Gasteiger partial charge in [-0.05, 0) is 25.7 Å². The van der Waals surface area contributed by atoms with Gasteiger partial charge in [-0.2, -0.15) is 0 Å². The van der Waals surface area contributed by atoms with Crippen molar-refractivity contribution in [2.75, 3.05) is 0 Å². The molecule has 4 N–H and O–H groups in total. The third-order valence-corrected chi connectivity index (χ3v) is 7.17. The molecule has 0 spiro atoms. The first-order valence-electron chi connectivity index (χ1n) is 14.0. The van der Waals surface area contributed by atoms with E-state index in [-0.39, 0.29) is 17.0 Å². The van der Waals surface area contributed by atoms with Gasteiger partial charge in [0.15, 0.2) is 0 Å². The van der Waals surface area contributed by atoms with Crippen molar-refractivity contribution in [3.05, 3.63) is 0 Å². The van der Waals surface area contributed by atoms with Gasteiger partial charge >= 0.3 is 8.25 Å². The molecule has 0 heterocycles. The monoisotopic (exact) mass is 556 g/mol. The third-order valence-electron chi connectivity index (χ3n) is 6.18. The maximum absolute atomic E-state index is 12.0. The molecular weight excluding hydrogens is 499 g/mol. The molecule has 0 bridgehead atoms. The normalized spacial score (nSPS) is 13.2. The van der Waals surface area contributed by atoms with Crippen molar-refractivity contribution in [3.8, 4) is 0 Å². The van der Waals surface area contributed by atoms with Crippen LogP contribution in [0.5, 0.6) is 0 Å². The van der Waals surface area contributed by atoms with Crippen LogP contribution in [0, 0.1) is 0 Å². The van der Waals surface area contributed by atoms with Crippen LogP contribution >= 0.6 is 25.2 Å². The van der Waals surface area contributed by atoms with Crippen LogP contribution < -0.4 is 11.5 Å². The van der Waals surface area contributed by atoms with Gasteiger partial charge in [0.2, 0.25) is 0 Å². The molecule has 202 valence electrons. The first-order valence-corrected chi connectivity index (χ1v) is 15.2. The van der Waals surface area contributed by atoms with Crippen LogP contribution in [0.15, 0.2) is 0 Å². The highest BCUT2D eigenvalue weighted by Gasteiger charge is 2.12. The molecule has 0 amide bonds. The van der Waals surface area contributed by atoms with Crippen LogP contribution in [-0.4, -0.2) is 12.5 Å². The zero-order chi connectivity index (χ0) is 23.7. The minimum atomic E-state index is -2.61. The largest absolute Gasteiger partial charge is 0.322 e. The summed E-state index contributed by atoms with van der Waals surface area (Å²) in [4.78, 5) is 0. The molecule has 5 nitrogen and oxygen atoms in total. The summed E-state index contributed by atoms with van der Waals surface area (Å²) in [5.74, 6) is 0. The summed E-state index contributed by atoms with van der Waals surface area (Å²) in [6, 6.07) is 0. The molecule has 0 radical (unpaired) electrons. The van der Waals surface area contributed by atoms with Gasteiger partial charge in [-0.3, -0.25) is 13.6 Å². The summed E-state index contributed by atoms with van der Waals surface area (Å²) in [7, 11) is -2.61. The summed E-state index contributed by atoms with van der Waals surface area (Å²) in [6.45, 7) is 4.51. The lowest BCUT2D eigenvalue weighted by Crippen LogP contribution is -2.24. The Labute approximate surface area is 217 Å². The highest BCUT2D eigenvalue weighted by atomic mass is 79.9. The fourth-order valence-corrected chi connectivity index (χ4v) is 4.84. The Bertz CT molecular complexity index is 372. The van der Waals surface area contributed by atoms with Crippen LogP contribution in [-0.2, 0) is 13.6 Å². The topological polar surface area (TPSA) is 87.6 Å². The molecule has 7 heteroatoms. The lowest BCUT2D eigenvalue weighted by atomic mass is 10.1. The molecule has 0 fully saturated rings. The second-order valence-corrected chi connectivity index (χ2v) is 10.5. The number of halogens is 1. The SMILES string of the molecule is Br.CCCCCCCCCCCC[C@H](N)O[PH](=O)O[C@@H](N)CCCCCCCCCCCC. The molecule has 2 atom stereocenters. The summed E-state index contributed by atoms with van der Waals surface area (Å²) >= 11 is 0. The van der Waals surface area contributed by atoms with E-state index in [9.17, 15) is 4.57 Å². The van der Waals surface area contributed by atoms with Crippen molar-refractivity contribution in [1.29, 1.82) is 0 Å². The van der Waals surface area contributed by atoms with Crippen molar-refractivity contribution in [2.24, 2.45) is 11.5 Å². The highest BCUT2D eigenvalue weighted by molar-refractivity contribution is 8.93. The second kappa shape index (κ2) is 28.8. The molecule has 0 saturated heterocycles. The molecule has 0 aliphatic heterocycles. The van der Waals surface area contributed by atoms with Gasteiger partial charge in [-0.1, -0.05) is 129 Å². The molecule has 0 aromatic rings. The molecule has 0 aromatic heterocycles. The fraction of sp³-hybridized carbons (Fsp3) is 1.00. The van der Waals surface area contributed by atoms with Gasteiger partial charge in [-0.25, -0.2) is 0 Å². The van der Waals surface area contributed by atoms with E-state index in [2.05, 4.69) is 13.8 Å². The Morgan fingerprint density at radius 2 is 0.758 bits per heavy atom. The van der Waals surface area contributed by atoms with E-state index >= 15 is 0 Å². The van der Waals surface area contributed by atoms with E-state index in [1.165, 1.54) is 103 Å². The quantitative estimate of drug-likeness (QED) is 0.0629. The molecule has 0 rings (SSSR count). The van der Waals surface area contributed by atoms with Crippen LogP contribution in [0.2, 0.25) is 0 Å². The van der Waals surface area contributed by atoms with Crippen molar-refractivity contribution >= 4 is 25.2 Å². The second-order valence-electron chi connectivity index (χ2n) is 9.50. The number of unbranched alkanes of at least 4 members (excludes halogenated alkanes) is 18. The summed E-state index contributed by atoms with van der Waals surface area (Å²) in [5, 5.41) is 0. The van der Waals surface area contributed by atoms with Gasteiger partial charge in [0.05, 0.1) is 0 Å². The first kappa shape index (κ1) is 35.7. The molecule has 0 aliphatic rings. The maximum atomic E-state index is 12.0. The van der Waals surface area contributed by atoms with Gasteiger partial charge in [0.25, 0.3) is 0 Å². The third kappa shape index (κ3) is 28.7. The zero-order valence-electron chi connectivity index (χ0n) is 22.0. The van der Waals surface area contributed by atoms with E-state index in [1.54, 1.807) is 0 Å². The molecule has 0 aromatic carbocycles. The average molecular weight is 558 g/mol. The van der Waals surface area contributed by atoms with Gasteiger partial charge < -0.3 is 11.5 Å². The van der Waals surface area contributed by atoms with E-state index in [0.29, 0.717) is 0 Å². The number of hydrogen-bond acceptors (Lipinski definition) is 5. The van der Waals surface area contributed by atoms with Gasteiger partial charge in [0.1, 0.15) is 12.5 Å². The van der Waals surface area contributed by atoms with Crippen molar-refractivity contribution in [2.45, 2.75) is 168 Å². The van der Waals surface area contributed by atoms with Crippen LogP contribution in [0.3, 0.4) is 0 Å². The average Bonchev–Trinajstić information content (AvgIpc) is 2.76. The Morgan fingerprint density at radius 3 is 1.03 bits per heavy atom. The van der Waals surface area contributed by atoms with E-state index in [0.717, 1.165) is 38.5 Å². The summed E-state index contributed by atoms with van der Waals surface area (Å²) < 4.78 is 22.7. The van der Waals surface area contributed by atoms with Crippen molar-refractivity contribution in [1.82, 2.24) is 0 Å². The Balaban J connectivity index is 0. The summed E-state index contributed by atoms with van der Waals surface area (Å²) in [5.41, 5.74) is 11.9. The van der Waals surface area contributed by atoms with Crippen LogP contribution in [0.25, 0.3) is 0 Å². The fourth-order valence-electron chi connectivity index (χ4n) is 4.06. The first-order chi connectivity index (χ1) is 15.6. The molecule has 0 aliphatic carbocycles. The van der Waals surface area contributed by atoms with Crippen LogP contribution in [0.4, 0.5) is 0 Å². The van der Waals surface area contributed by atoms with Gasteiger partial charge in [0, 0.05) is 0 Å². The molecule has 33 heavy (non-hydrogen) atoms. The zero-order valence-corrected chi connectivity index (χ0v) is 24.7. The predicted molar refractivity (Wildman–Crippen MR) is 150 cm³/mol. The predicted octanol–water partition coefficient (Wildman–Crippen LogP) is 9.18. The lowest BCUT2D eigenvalue weighted by molar-refractivity contribution is 0.123. The number of hydrogen-bond donors (Lipinski definition) is 2. The van der Waals surface area contributed by atoms with E-state index in [1.807, 2.05) is 0 Å². The Morgan fingerprint density at radius 1 is 0.515 bits per heavy atom. The minimum Gasteiger partial charge on any atom is -0.306 e. The minimum absolute atomic E-state index is 0. The summed E-state index contributed by atoms with van der Waals surface area (Å²) in [6.07, 6.45) is 26.1. The Hall–Kier alpha value is 0.550. The van der Waals surface area contributed by atoms with Gasteiger partial charge in [-0.15, -0.1) is 17.0 Å². The van der Waals surface area contributed by atoms with E-state index in [4.69, 9.17) is 20.5 Å². The van der Waals surface area contributed by atoms with Crippen molar-refractivity contribution in [3.63, 3.8) is 0 Å². The molecule has 0 saturated carbocycles. The van der Waals surface area contributed by atoms with E-state index < -0.39 is 20.7 Å². The standard InChI is InChI=1S/C26H57N2O3P.BrH/c1-3-5-7-9-11-13-15-17-19-21-23-25(27)30-32(29)31-26(28)24-22-20-18-16-14-12-10-8-6-4-2;/h25-26,32H,3-24,27-28H2,1-2H3;1H/t25-,26-;/m1./s1. The smallest absolute Gasteiger partial charge is 0.306 e.